The second-order valence-electron chi connectivity index (χ2n) is 4.61. The minimum absolute atomic E-state index is 0.0425. The van der Waals surface area contributed by atoms with E-state index < -0.39 is 19.9 Å². The zero-order valence-electron chi connectivity index (χ0n) is 11.5. The van der Waals surface area contributed by atoms with Crippen molar-refractivity contribution in [2.45, 2.75) is 16.3 Å². The first-order valence-electron chi connectivity index (χ1n) is 5.95. The molecule has 0 spiro atoms. The van der Waals surface area contributed by atoms with Gasteiger partial charge in [-0.2, -0.15) is 9.40 Å². The zero-order valence-corrected chi connectivity index (χ0v) is 13.1. The van der Waals surface area contributed by atoms with Crippen molar-refractivity contribution in [3.8, 4) is 0 Å². The van der Waals surface area contributed by atoms with Crippen LogP contribution in [-0.2, 0) is 26.4 Å². The first-order valence-corrected chi connectivity index (χ1v) is 9.28. The van der Waals surface area contributed by atoms with E-state index in [-0.39, 0.29) is 16.3 Å². The molecule has 2 aromatic rings. The fourth-order valence-electron chi connectivity index (χ4n) is 1.74. The maximum Gasteiger partial charge on any atom is 0.243 e. The topological polar surface area (TPSA) is 100 Å². The normalized spacial score (nSPS) is 12.7. The van der Waals surface area contributed by atoms with Crippen LogP contribution < -0.4 is 0 Å². The quantitative estimate of drug-likeness (QED) is 0.867. The summed E-state index contributed by atoms with van der Waals surface area (Å²) in [6.45, 7) is 0.173. The van der Waals surface area contributed by atoms with Crippen LogP contribution in [0.4, 0.5) is 0 Å². The summed E-state index contributed by atoms with van der Waals surface area (Å²) in [5.41, 5.74) is 0.730. The van der Waals surface area contributed by atoms with Crippen molar-refractivity contribution < 1.29 is 16.8 Å². The van der Waals surface area contributed by atoms with Gasteiger partial charge in [0.05, 0.1) is 16.0 Å². The Bertz CT molecular complexity index is 810. The van der Waals surface area contributed by atoms with Gasteiger partial charge in [-0.05, 0) is 24.3 Å². The Morgan fingerprint density at radius 2 is 1.67 bits per heavy atom. The third-order valence-corrected chi connectivity index (χ3v) is 5.87. The van der Waals surface area contributed by atoms with E-state index in [1.54, 1.807) is 12.4 Å². The summed E-state index contributed by atoms with van der Waals surface area (Å²) in [6.07, 6.45) is 4.22. The van der Waals surface area contributed by atoms with Gasteiger partial charge in [0.25, 0.3) is 0 Å². The molecule has 0 saturated carbocycles. The molecule has 0 aliphatic heterocycles. The monoisotopic (exact) mass is 329 g/mol. The third-order valence-electron chi connectivity index (χ3n) is 2.92. The van der Waals surface area contributed by atoms with Crippen molar-refractivity contribution >= 4 is 19.9 Å². The van der Waals surface area contributed by atoms with E-state index in [1.807, 2.05) is 0 Å². The number of nitrogens with one attached hydrogen (secondary N) is 1. The maximum absolute atomic E-state index is 12.4. The summed E-state index contributed by atoms with van der Waals surface area (Å²) in [7, 11) is -5.58. The van der Waals surface area contributed by atoms with Crippen LogP contribution in [0.3, 0.4) is 0 Å². The van der Waals surface area contributed by atoms with E-state index in [0.717, 1.165) is 11.8 Å². The molecule has 0 unspecified atom stereocenters. The van der Waals surface area contributed by atoms with E-state index >= 15 is 0 Å². The average Bonchev–Trinajstić information content (AvgIpc) is 2.90. The predicted molar refractivity (Wildman–Crippen MR) is 76.8 cm³/mol. The van der Waals surface area contributed by atoms with Crippen molar-refractivity contribution in [1.82, 2.24) is 14.5 Å². The SMILES string of the molecule is CN(Cc1cn[nH]c1)S(=O)(=O)c1ccc(S(C)(=O)=O)cc1. The minimum Gasteiger partial charge on any atom is -0.285 e. The van der Waals surface area contributed by atoms with Crippen LogP contribution in [-0.4, -0.2) is 44.6 Å². The standard InChI is InChI=1S/C12H15N3O4S2/c1-15(9-10-7-13-14-8-10)21(18,19)12-5-3-11(4-6-12)20(2,16)17/h3-8H,9H2,1-2H3,(H,13,14). The molecule has 0 fully saturated rings. The molecule has 0 saturated heterocycles. The van der Waals surface area contributed by atoms with Crippen molar-refractivity contribution in [3.63, 3.8) is 0 Å². The smallest absolute Gasteiger partial charge is 0.243 e. The number of aromatic nitrogens is 2. The number of hydrogen-bond donors (Lipinski definition) is 1. The summed E-state index contributed by atoms with van der Waals surface area (Å²) < 4.78 is 48.6. The Labute approximate surface area is 123 Å². The van der Waals surface area contributed by atoms with E-state index in [1.165, 1.54) is 35.6 Å². The Morgan fingerprint density at radius 1 is 1.10 bits per heavy atom. The molecule has 21 heavy (non-hydrogen) atoms. The maximum atomic E-state index is 12.4. The molecule has 7 nitrogen and oxygen atoms in total. The number of sulfonamides is 1. The van der Waals surface area contributed by atoms with Gasteiger partial charge in [-0.3, -0.25) is 5.10 Å². The van der Waals surface area contributed by atoms with E-state index in [0.29, 0.717) is 0 Å². The van der Waals surface area contributed by atoms with Gasteiger partial charge in [-0.25, -0.2) is 16.8 Å². The van der Waals surface area contributed by atoms with Crippen LogP contribution in [0.25, 0.3) is 0 Å². The summed E-state index contributed by atoms with van der Waals surface area (Å²) in [5, 5.41) is 6.37. The minimum atomic E-state index is -3.68. The molecular formula is C12H15N3O4S2. The van der Waals surface area contributed by atoms with E-state index in [2.05, 4.69) is 10.2 Å². The van der Waals surface area contributed by atoms with Crippen molar-refractivity contribution in [2.75, 3.05) is 13.3 Å². The summed E-state index contributed by atoms with van der Waals surface area (Å²) in [4.78, 5) is 0.125. The fourth-order valence-corrected chi connectivity index (χ4v) is 3.53. The predicted octanol–water partition coefficient (Wildman–Crippen LogP) is 0.634. The summed E-state index contributed by atoms with van der Waals surface area (Å²) >= 11 is 0. The summed E-state index contributed by atoms with van der Waals surface area (Å²) in [6, 6.07) is 5.15. The molecule has 0 atom stereocenters. The van der Waals surface area contributed by atoms with E-state index in [9.17, 15) is 16.8 Å². The van der Waals surface area contributed by atoms with Crippen LogP contribution in [0.15, 0.2) is 46.5 Å². The number of H-pyrrole nitrogens is 1. The molecule has 9 heteroatoms. The zero-order chi connectivity index (χ0) is 15.7. The lowest BCUT2D eigenvalue weighted by molar-refractivity contribution is 0.466. The number of sulfone groups is 1. The molecule has 1 N–H and O–H groups in total. The second-order valence-corrected chi connectivity index (χ2v) is 8.67. The Balaban J connectivity index is 2.27. The van der Waals surface area contributed by atoms with Crippen molar-refractivity contribution in [1.29, 1.82) is 0 Å². The Kier molecular flexibility index (Phi) is 4.17. The van der Waals surface area contributed by atoms with Crippen LogP contribution in [0.5, 0.6) is 0 Å². The average molecular weight is 329 g/mol. The van der Waals surface area contributed by atoms with Gasteiger partial charge in [-0.15, -0.1) is 0 Å². The van der Waals surface area contributed by atoms with Crippen LogP contribution >= 0.6 is 0 Å². The first kappa shape index (κ1) is 15.7. The molecule has 0 aliphatic rings. The van der Waals surface area contributed by atoms with Gasteiger partial charge in [0.2, 0.25) is 10.0 Å². The van der Waals surface area contributed by atoms with Gasteiger partial charge >= 0.3 is 0 Å². The molecule has 1 heterocycles. The lowest BCUT2D eigenvalue weighted by atomic mass is 10.4. The first-order chi connectivity index (χ1) is 9.71. The molecule has 0 aliphatic carbocycles. The number of benzene rings is 1. The molecule has 0 bridgehead atoms. The highest BCUT2D eigenvalue weighted by Crippen LogP contribution is 2.18. The lowest BCUT2D eigenvalue weighted by Crippen LogP contribution is -2.26. The number of rotatable bonds is 5. The molecule has 0 radical (unpaired) electrons. The van der Waals surface area contributed by atoms with Crippen molar-refractivity contribution in [2.24, 2.45) is 0 Å². The van der Waals surface area contributed by atoms with Gasteiger partial charge in [0.1, 0.15) is 0 Å². The van der Waals surface area contributed by atoms with Crippen LogP contribution in [0, 0.1) is 0 Å². The number of nitrogens with zero attached hydrogens (tertiary/aromatic N) is 2. The molecular weight excluding hydrogens is 314 g/mol. The summed E-state index contributed by atoms with van der Waals surface area (Å²) in [5.74, 6) is 0. The van der Waals surface area contributed by atoms with Crippen molar-refractivity contribution in [3.05, 3.63) is 42.2 Å². The van der Waals surface area contributed by atoms with Crippen LogP contribution in [0.2, 0.25) is 0 Å². The van der Waals surface area contributed by atoms with Gasteiger partial charge < -0.3 is 0 Å². The third kappa shape index (κ3) is 3.49. The highest BCUT2D eigenvalue weighted by molar-refractivity contribution is 7.90. The fraction of sp³-hybridized carbons (Fsp3) is 0.250. The number of hydrogen-bond acceptors (Lipinski definition) is 5. The lowest BCUT2D eigenvalue weighted by Gasteiger charge is -2.16. The van der Waals surface area contributed by atoms with E-state index in [4.69, 9.17) is 0 Å². The highest BCUT2D eigenvalue weighted by Gasteiger charge is 2.21. The second kappa shape index (κ2) is 5.58. The molecule has 2 rings (SSSR count). The number of aromatic amines is 1. The molecule has 1 aromatic heterocycles. The molecule has 1 aromatic carbocycles. The van der Waals surface area contributed by atoms with Gasteiger partial charge in [-0.1, -0.05) is 0 Å². The Morgan fingerprint density at radius 3 is 2.14 bits per heavy atom. The largest absolute Gasteiger partial charge is 0.285 e. The molecule has 0 amide bonds. The van der Waals surface area contributed by atoms with Crippen LogP contribution in [0.1, 0.15) is 5.56 Å². The van der Waals surface area contributed by atoms with Gasteiger partial charge in [0, 0.05) is 31.6 Å². The molecule has 114 valence electrons. The van der Waals surface area contributed by atoms with Gasteiger partial charge in [0.15, 0.2) is 9.84 Å². The Hall–Kier alpha value is -1.71. The highest BCUT2D eigenvalue weighted by atomic mass is 32.2.